The molecule has 0 bridgehead atoms. The first-order valence-electron chi connectivity index (χ1n) is 11.4. The monoisotopic (exact) mass is 488 g/mol. The van der Waals surface area contributed by atoms with E-state index in [4.69, 9.17) is 10.3 Å². The standard InChI is InChI=1S/C25H25FN8O2/c1-4-15-12-21(34(30-15)17-6-8-22-18(13-17)24(27)31-36-22)25(35)29-16-5-7-20(19(26)11-16)33-10-9-28-23(33)14-32(2)3/h5-13H,4,14H2,1-3H3,(H2,27,31)(H,29,35). The van der Waals surface area contributed by atoms with Crippen molar-refractivity contribution >= 4 is 28.4 Å². The third-order valence-corrected chi connectivity index (χ3v) is 5.72. The topological polar surface area (TPSA) is 120 Å². The van der Waals surface area contributed by atoms with Crippen molar-refractivity contribution in [1.29, 1.82) is 0 Å². The summed E-state index contributed by atoms with van der Waals surface area (Å²) in [5, 5.41) is 11.7. The molecular formula is C25H25FN8O2. The molecular weight excluding hydrogens is 463 g/mol. The highest BCUT2D eigenvalue weighted by atomic mass is 19.1. The van der Waals surface area contributed by atoms with Crippen molar-refractivity contribution in [3.63, 3.8) is 0 Å². The molecule has 184 valence electrons. The zero-order valence-corrected chi connectivity index (χ0v) is 20.1. The molecule has 11 heteroatoms. The number of anilines is 2. The molecule has 0 aliphatic rings. The van der Waals surface area contributed by atoms with E-state index in [1.165, 1.54) is 10.7 Å². The number of halogens is 1. The van der Waals surface area contributed by atoms with Crippen LogP contribution in [0.4, 0.5) is 15.9 Å². The number of amides is 1. The number of fused-ring (bicyclic) bond motifs is 1. The highest BCUT2D eigenvalue weighted by molar-refractivity contribution is 6.03. The summed E-state index contributed by atoms with van der Waals surface area (Å²) < 4.78 is 23.5. The van der Waals surface area contributed by atoms with Gasteiger partial charge in [-0.05, 0) is 63.0 Å². The second kappa shape index (κ2) is 9.27. The highest BCUT2D eigenvalue weighted by Gasteiger charge is 2.19. The van der Waals surface area contributed by atoms with Crippen LogP contribution in [0.5, 0.6) is 0 Å². The zero-order valence-electron chi connectivity index (χ0n) is 20.1. The fourth-order valence-corrected chi connectivity index (χ4v) is 3.97. The van der Waals surface area contributed by atoms with Crippen LogP contribution in [0.15, 0.2) is 59.4 Å². The molecule has 0 spiro atoms. The van der Waals surface area contributed by atoms with Crippen LogP contribution < -0.4 is 11.1 Å². The van der Waals surface area contributed by atoms with Gasteiger partial charge in [0.1, 0.15) is 17.3 Å². The average molecular weight is 489 g/mol. The third kappa shape index (κ3) is 4.31. The first-order valence-corrected chi connectivity index (χ1v) is 11.4. The SMILES string of the molecule is CCc1cc(C(=O)Nc2ccc(-n3ccnc3CN(C)C)c(F)c2)n(-c2ccc3onc(N)c3c2)n1. The van der Waals surface area contributed by atoms with Crippen LogP contribution >= 0.6 is 0 Å². The van der Waals surface area contributed by atoms with Gasteiger partial charge in [0.05, 0.1) is 29.0 Å². The van der Waals surface area contributed by atoms with E-state index in [9.17, 15) is 4.79 Å². The van der Waals surface area contributed by atoms with Crippen LogP contribution in [0.2, 0.25) is 0 Å². The first-order chi connectivity index (χ1) is 17.3. The molecule has 0 saturated heterocycles. The number of nitrogens with zero attached hydrogens (tertiary/aromatic N) is 6. The average Bonchev–Trinajstić information content (AvgIpc) is 3.57. The molecule has 0 radical (unpaired) electrons. The smallest absolute Gasteiger partial charge is 0.274 e. The normalized spacial score (nSPS) is 11.5. The zero-order chi connectivity index (χ0) is 25.4. The van der Waals surface area contributed by atoms with Gasteiger partial charge in [0.2, 0.25) is 0 Å². The molecule has 5 aromatic rings. The second-order valence-corrected chi connectivity index (χ2v) is 8.61. The van der Waals surface area contributed by atoms with Gasteiger partial charge in [0.25, 0.3) is 5.91 Å². The second-order valence-electron chi connectivity index (χ2n) is 8.61. The Hall–Kier alpha value is -4.51. The number of hydrogen-bond donors (Lipinski definition) is 2. The van der Waals surface area contributed by atoms with Gasteiger partial charge in [-0.3, -0.25) is 9.36 Å². The number of nitrogen functional groups attached to an aromatic ring is 1. The van der Waals surface area contributed by atoms with Gasteiger partial charge in [-0.2, -0.15) is 5.10 Å². The van der Waals surface area contributed by atoms with Crippen LogP contribution in [0.1, 0.15) is 28.9 Å². The number of nitrogens with one attached hydrogen (secondary N) is 1. The van der Waals surface area contributed by atoms with E-state index in [1.807, 2.05) is 25.9 Å². The molecule has 0 saturated carbocycles. The lowest BCUT2D eigenvalue weighted by molar-refractivity contribution is 0.101. The number of nitrogens with two attached hydrogens (primary N) is 1. The lowest BCUT2D eigenvalue weighted by Crippen LogP contribution is -2.17. The number of aryl methyl sites for hydroxylation is 1. The van der Waals surface area contributed by atoms with E-state index in [0.717, 1.165) is 5.69 Å². The lowest BCUT2D eigenvalue weighted by atomic mass is 10.2. The summed E-state index contributed by atoms with van der Waals surface area (Å²) in [6, 6.07) is 11.5. The van der Waals surface area contributed by atoms with Crippen LogP contribution in [-0.4, -0.2) is 49.4 Å². The number of benzene rings is 2. The van der Waals surface area contributed by atoms with Crippen molar-refractivity contribution in [1.82, 2.24) is 29.4 Å². The molecule has 0 unspecified atom stereocenters. The van der Waals surface area contributed by atoms with Crippen molar-refractivity contribution in [3.05, 3.63) is 77.9 Å². The van der Waals surface area contributed by atoms with Crippen molar-refractivity contribution in [2.45, 2.75) is 19.9 Å². The largest absolute Gasteiger partial charge is 0.380 e. The van der Waals surface area contributed by atoms with E-state index in [1.54, 1.807) is 53.4 Å². The fourth-order valence-electron chi connectivity index (χ4n) is 3.97. The van der Waals surface area contributed by atoms with Gasteiger partial charge in [0, 0.05) is 18.1 Å². The van der Waals surface area contributed by atoms with Gasteiger partial charge >= 0.3 is 0 Å². The Labute approximate surface area is 206 Å². The van der Waals surface area contributed by atoms with E-state index < -0.39 is 11.7 Å². The van der Waals surface area contributed by atoms with Crippen LogP contribution in [0.3, 0.4) is 0 Å². The van der Waals surface area contributed by atoms with E-state index in [-0.39, 0.29) is 5.82 Å². The Morgan fingerprint density at radius 3 is 2.78 bits per heavy atom. The molecule has 2 aromatic carbocycles. The molecule has 0 fully saturated rings. The van der Waals surface area contributed by atoms with Crippen LogP contribution in [0.25, 0.3) is 22.3 Å². The molecule has 3 N–H and O–H groups in total. The summed E-state index contributed by atoms with van der Waals surface area (Å²) in [6.45, 7) is 2.51. The molecule has 0 aliphatic heterocycles. The van der Waals surface area contributed by atoms with E-state index in [0.29, 0.717) is 52.5 Å². The van der Waals surface area contributed by atoms with Gasteiger partial charge in [-0.15, -0.1) is 0 Å². The fraction of sp³-hybridized carbons (Fsp3) is 0.200. The van der Waals surface area contributed by atoms with Crippen LogP contribution in [-0.2, 0) is 13.0 Å². The minimum absolute atomic E-state index is 0.253. The highest BCUT2D eigenvalue weighted by Crippen LogP contribution is 2.25. The quantitative estimate of drug-likeness (QED) is 0.358. The maximum absolute atomic E-state index is 15.1. The molecule has 36 heavy (non-hydrogen) atoms. The molecule has 3 heterocycles. The summed E-state index contributed by atoms with van der Waals surface area (Å²) in [7, 11) is 3.84. The number of carbonyl (C=O) groups is 1. The molecule has 5 rings (SSSR count). The molecule has 0 atom stereocenters. The number of hydrogen-bond acceptors (Lipinski definition) is 7. The number of carbonyl (C=O) groups excluding carboxylic acids is 1. The summed E-state index contributed by atoms with van der Waals surface area (Å²) in [4.78, 5) is 19.5. The van der Waals surface area contributed by atoms with Crippen LogP contribution in [0, 0.1) is 5.82 Å². The predicted octanol–water partition coefficient (Wildman–Crippen LogP) is 3.80. The number of rotatable bonds is 7. The lowest BCUT2D eigenvalue weighted by Gasteiger charge is -2.14. The Balaban J connectivity index is 1.44. The van der Waals surface area contributed by atoms with Gasteiger partial charge in [-0.25, -0.2) is 14.1 Å². The minimum atomic E-state index is -0.484. The summed E-state index contributed by atoms with van der Waals surface area (Å²) in [5.74, 6) is 0.0469. The van der Waals surface area contributed by atoms with Crippen molar-refractivity contribution < 1.29 is 13.7 Å². The van der Waals surface area contributed by atoms with Crippen molar-refractivity contribution in [2.24, 2.45) is 0 Å². The van der Waals surface area contributed by atoms with Gasteiger partial charge in [-0.1, -0.05) is 12.1 Å². The van der Waals surface area contributed by atoms with Crippen molar-refractivity contribution in [3.8, 4) is 11.4 Å². The maximum atomic E-state index is 15.1. The Morgan fingerprint density at radius 2 is 2.03 bits per heavy atom. The summed E-state index contributed by atoms with van der Waals surface area (Å²) >= 11 is 0. The molecule has 3 aromatic heterocycles. The predicted molar refractivity (Wildman–Crippen MR) is 134 cm³/mol. The molecule has 0 aliphatic carbocycles. The number of imidazole rings is 1. The Bertz CT molecular complexity index is 1570. The third-order valence-electron chi connectivity index (χ3n) is 5.72. The summed E-state index contributed by atoms with van der Waals surface area (Å²) in [5.41, 5.74) is 8.75. The maximum Gasteiger partial charge on any atom is 0.274 e. The molecule has 1 amide bonds. The van der Waals surface area contributed by atoms with Crippen molar-refractivity contribution in [2.75, 3.05) is 25.1 Å². The number of aromatic nitrogens is 5. The summed E-state index contributed by atoms with van der Waals surface area (Å²) in [6.07, 6.45) is 3.97. The molecule has 10 nitrogen and oxygen atoms in total. The Kier molecular flexibility index (Phi) is 5.98. The Morgan fingerprint density at radius 1 is 1.19 bits per heavy atom. The van der Waals surface area contributed by atoms with Gasteiger partial charge < -0.3 is 20.5 Å². The first kappa shape index (κ1) is 23.2. The van der Waals surface area contributed by atoms with Gasteiger partial charge in [0.15, 0.2) is 11.4 Å². The van der Waals surface area contributed by atoms with E-state index >= 15 is 4.39 Å². The van der Waals surface area contributed by atoms with E-state index in [2.05, 4.69) is 20.6 Å². The minimum Gasteiger partial charge on any atom is -0.380 e.